The molecule has 3 nitrogen and oxygen atoms in total. The summed E-state index contributed by atoms with van der Waals surface area (Å²) in [6.45, 7) is 6.07. The van der Waals surface area contributed by atoms with E-state index in [9.17, 15) is 0 Å². The van der Waals surface area contributed by atoms with Crippen molar-refractivity contribution in [1.29, 1.82) is 0 Å². The number of nitrogens with one attached hydrogen (secondary N) is 1. The van der Waals surface area contributed by atoms with Crippen LogP contribution in [0.25, 0.3) is 0 Å². The second kappa shape index (κ2) is 5.44. The van der Waals surface area contributed by atoms with Crippen LogP contribution in [0.4, 0.5) is 0 Å². The van der Waals surface area contributed by atoms with Crippen LogP contribution in [0.2, 0.25) is 0 Å². The molecule has 0 saturated heterocycles. The van der Waals surface area contributed by atoms with Crippen molar-refractivity contribution in [3.05, 3.63) is 16.6 Å². The number of methoxy groups -OCH3 is 1. The quantitative estimate of drug-likeness (QED) is 0.735. The van der Waals surface area contributed by atoms with E-state index in [1.54, 1.807) is 18.4 Å². The number of thiazole rings is 1. The van der Waals surface area contributed by atoms with E-state index >= 15 is 0 Å². The maximum Gasteiger partial charge on any atom is 0.112 e. The van der Waals surface area contributed by atoms with Crippen molar-refractivity contribution in [2.24, 2.45) is 0 Å². The summed E-state index contributed by atoms with van der Waals surface area (Å²) in [5.74, 6) is 0. The average Bonchev–Trinajstić information content (AvgIpc) is 2.65. The Hall–Kier alpha value is -0.450. The Morgan fingerprint density at radius 3 is 2.93 bits per heavy atom. The van der Waals surface area contributed by atoms with Crippen molar-refractivity contribution in [3.8, 4) is 0 Å². The lowest BCUT2D eigenvalue weighted by molar-refractivity contribution is 0.191. The second-order valence-electron chi connectivity index (χ2n) is 3.74. The maximum atomic E-state index is 4.99. The number of rotatable bonds is 6. The molecule has 80 valence electrons. The molecule has 14 heavy (non-hydrogen) atoms. The minimum Gasteiger partial charge on any atom is -0.385 e. The lowest BCUT2D eigenvalue weighted by Gasteiger charge is -2.23. The predicted octanol–water partition coefficient (Wildman–Crippen LogP) is 2.00. The first-order chi connectivity index (χ1) is 6.67. The number of aromatic nitrogens is 1. The summed E-state index contributed by atoms with van der Waals surface area (Å²) in [5.41, 5.74) is -0.0259. The van der Waals surface area contributed by atoms with Crippen molar-refractivity contribution >= 4 is 11.3 Å². The van der Waals surface area contributed by atoms with Gasteiger partial charge < -0.3 is 10.1 Å². The SMILES string of the molecule is COCCCNC(C)(C)c1nccs1. The number of nitrogens with zero attached hydrogens (tertiary/aromatic N) is 1. The van der Waals surface area contributed by atoms with Crippen molar-refractivity contribution in [3.63, 3.8) is 0 Å². The molecule has 1 aromatic rings. The van der Waals surface area contributed by atoms with Crippen LogP contribution in [-0.4, -0.2) is 25.2 Å². The minimum absolute atomic E-state index is 0.0259. The third kappa shape index (κ3) is 3.36. The molecule has 0 aliphatic carbocycles. The molecule has 1 aromatic heterocycles. The summed E-state index contributed by atoms with van der Waals surface area (Å²) in [6.07, 6.45) is 2.88. The van der Waals surface area contributed by atoms with E-state index in [2.05, 4.69) is 24.1 Å². The zero-order valence-electron chi connectivity index (χ0n) is 9.04. The van der Waals surface area contributed by atoms with E-state index in [0.29, 0.717) is 0 Å². The first-order valence-corrected chi connectivity index (χ1v) is 5.69. The smallest absolute Gasteiger partial charge is 0.112 e. The summed E-state index contributed by atoms with van der Waals surface area (Å²) >= 11 is 1.69. The highest BCUT2D eigenvalue weighted by atomic mass is 32.1. The Bertz CT molecular complexity index is 247. The van der Waals surface area contributed by atoms with E-state index in [1.807, 2.05) is 11.6 Å². The van der Waals surface area contributed by atoms with Gasteiger partial charge in [-0.2, -0.15) is 0 Å². The second-order valence-corrected chi connectivity index (χ2v) is 4.63. The van der Waals surface area contributed by atoms with Gasteiger partial charge in [0, 0.05) is 25.3 Å². The Kier molecular flexibility index (Phi) is 4.51. The fraction of sp³-hybridized carbons (Fsp3) is 0.700. The maximum absolute atomic E-state index is 4.99. The van der Waals surface area contributed by atoms with Crippen molar-refractivity contribution in [1.82, 2.24) is 10.3 Å². The number of hydrogen-bond donors (Lipinski definition) is 1. The Morgan fingerprint density at radius 1 is 1.57 bits per heavy atom. The number of ether oxygens (including phenoxy) is 1. The molecule has 0 spiro atoms. The van der Waals surface area contributed by atoms with Gasteiger partial charge in [0.15, 0.2) is 0 Å². The van der Waals surface area contributed by atoms with Gasteiger partial charge in [-0.05, 0) is 26.8 Å². The van der Waals surface area contributed by atoms with Crippen LogP contribution in [0.5, 0.6) is 0 Å². The van der Waals surface area contributed by atoms with Gasteiger partial charge in [0.05, 0.1) is 5.54 Å². The number of hydrogen-bond acceptors (Lipinski definition) is 4. The summed E-state index contributed by atoms with van der Waals surface area (Å²) < 4.78 is 4.99. The zero-order chi connectivity index (χ0) is 10.4. The predicted molar refractivity (Wildman–Crippen MR) is 59.6 cm³/mol. The van der Waals surface area contributed by atoms with Crippen LogP contribution < -0.4 is 5.32 Å². The summed E-state index contributed by atoms with van der Waals surface area (Å²) in [4.78, 5) is 4.31. The van der Waals surface area contributed by atoms with Crippen molar-refractivity contribution in [2.45, 2.75) is 25.8 Å². The third-order valence-corrected chi connectivity index (χ3v) is 3.16. The summed E-state index contributed by atoms with van der Waals surface area (Å²) in [5, 5.41) is 6.61. The van der Waals surface area contributed by atoms with E-state index in [-0.39, 0.29) is 5.54 Å². The lowest BCUT2D eigenvalue weighted by Crippen LogP contribution is -2.37. The van der Waals surface area contributed by atoms with Crippen LogP contribution in [0.1, 0.15) is 25.3 Å². The third-order valence-electron chi connectivity index (χ3n) is 2.06. The topological polar surface area (TPSA) is 34.1 Å². The molecule has 0 radical (unpaired) electrons. The summed E-state index contributed by atoms with van der Waals surface area (Å²) in [7, 11) is 1.73. The van der Waals surface area contributed by atoms with E-state index in [1.165, 1.54) is 0 Å². The molecule has 1 N–H and O–H groups in total. The Labute approximate surface area is 89.5 Å². The molecule has 1 heterocycles. The van der Waals surface area contributed by atoms with Gasteiger partial charge in [-0.1, -0.05) is 0 Å². The van der Waals surface area contributed by atoms with Crippen LogP contribution in [0.15, 0.2) is 11.6 Å². The lowest BCUT2D eigenvalue weighted by atomic mass is 10.1. The molecule has 0 unspecified atom stereocenters. The molecular weight excluding hydrogens is 196 g/mol. The van der Waals surface area contributed by atoms with Gasteiger partial charge >= 0.3 is 0 Å². The van der Waals surface area contributed by atoms with Gasteiger partial charge in [-0.25, -0.2) is 4.98 Å². The molecule has 0 aliphatic rings. The molecule has 0 saturated carbocycles. The molecule has 0 atom stereocenters. The highest BCUT2D eigenvalue weighted by Crippen LogP contribution is 2.21. The first-order valence-electron chi connectivity index (χ1n) is 4.81. The van der Waals surface area contributed by atoms with Gasteiger partial charge in [0.25, 0.3) is 0 Å². The highest BCUT2D eigenvalue weighted by molar-refractivity contribution is 7.09. The molecule has 0 bridgehead atoms. The van der Waals surface area contributed by atoms with E-state index in [4.69, 9.17) is 4.74 Å². The van der Waals surface area contributed by atoms with E-state index < -0.39 is 0 Å². The average molecular weight is 214 g/mol. The molecule has 0 fully saturated rings. The van der Waals surface area contributed by atoms with E-state index in [0.717, 1.165) is 24.6 Å². The van der Waals surface area contributed by atoms with Crippen molar-refractivity contribution < 1.29 is 4.74 Å². The fourth-order valence-corrected chi connectivity index (χ4v) is 1.96. The standard InChI is InChI=1S/C10H18N2OS/c1-10(2,9-11-6-8-14-9)12-5-4-7-13-3/h6,8,12H,4-5,7H2,1-3H3. The summed E-state index contributed by atoms with van der Waals surface area (Å²) in [6, 6.07) is 0. The molecule has 1 rings (SSSR count). The Morgan fingerprint density at radius 2 is 2.36 bits per heavy atom. The van der Waals surface area contributed by atoms with Crippen LogP contribution in [0, 0.1) is 0 Å². The monoisotopic (exact) mass is 214 g/mol. The van der Waals surface area contributed by atoms with Crippen LogP contribution in [0.3, 0.4) is 0 Å². The minimum atomic E-state index is -0.0259. The van der Waals surface area contributed by atoms with Gasteiger partial charge in [0.1, 0.15) is 5.01 Å². The van der Waals surface area contributed by atoms with Crippen molar-refractivity contribution in [2.75, 3.05) is 20.3 Å². The highest BCUT2D eigenvalue weighted by Gasteiger charge is 2.21. The van der Waals surface area contributed by atoms with Crippen LogP contribution in [-0.2, 0) is 10.3 Å². The van der Waals surface area contributed by atoms with Gasteiger partial charge in [-0.15, -0.1) is 11.3 Å². The molecule has 0 aliphatic heterocycles. The molecule has 4 heteroatoms. The van der Waals surface area contributed by atoms with Crippen LogP contribution >= 0.6 is 11.3 Å². The molecule has 0 amide bonds. The largest absolute Gasteiger partial charge is 0.385 e. The van der Waals surface area contributed by atoms with Gasteiger partial charge in [-0.3, -0.25) is 0 Å². The first kappa shape index (κ1) is 11.6. The van der Waals surface area contributed by atoms with Gasteiger partial charge in [0.2, 0.25) is 0 Å². The fourth-order valence-electron chi connectivity index (χ4n) is 1.23. The zero-order valence-corrected chi connectivity index (χ0v) is 9.86. The normalized spacial score (nSPS) is 11.9. The Balaban J connectivity index is 2.35. The molecule has 0 aromatic carbocycles. The molecular formula is C10H18N2OS.